The molecule has 0 spiro atoms. The highest BCUT2D eigenvalue weighted by molar-refractivity contribution is 7.89. The zero-order chi connectivity index (χ0) is 16.2. The fraction of sp³-hybridized carbons (Fsp3) is 0.462. The molecule has 1 N–H and O–H groups in total. The zero-order valence-electron chi connectivity index (χ0n) is 12.2. The van der Waals surface area contributed by atoms with E-state index in [2.05, 4.69) is 0 Å². The van der Waals surface area contributed by atoms with Gasteiger partial charge in [0, 0.05) is 13.6 Å². The second-order valence-corrected chi connectivity index (χ2v) is 7.35. The lowest BCUT2D eigenvalue weighted by atomic mass is 10.2. The molecule has 0 aliphatic rings. The number of benzene rings is 1. The van der Waals surface area contributed by atoms with E-state index in [1.54, 1.807) is 0 Å². The summed E-state index contributed by atoms with van der Waals surface area (Å²) in [5.41, 5.74) is -0.111. The molecule has 0 aromatic heterocycles. The topological polar surface area (TPSA) is 77.9 Å². The van der Waals surface area contributed by atoms with Gasteiger partial charge in [0.05, 0.1) is 10.6 Å². The highest BCUT2D eigenvalue weighted by atomic mass is 35.5. The van der Waals surface area contributed by atoms with E-state index in [-0.39, 0.29) is 15.5 Å². The predicted octanol–water partition coefficient (Wildman–Crippen LogP) is 1.61. The van der Waals surface area contributed by atoms with Crippen LogP contribution in [0.1, 0.15) is 16.8 Å². The molecule has 0 amide bonds. The van der Waals surface area contributed by atoms with Crippen molar-refractivity contribution in [1.82, 2.24) is 9.21 Å². The predicted molar refractivity (Wildman–Crippen MR) is 81.4 cm³/mol. The molecule has 6 nitrogen and oxygen atoms in total. The molecule has 0 aliphatic carbocycles. The summed E-state index contributed by atoms with van der Waals surface area (Å²) >= 11 is 5.91. The van der Waals surface area contributed by atoms with Crippen molar-refractivity contribution < 1.29 is 18.3 Å². The van der Waals surface area contributed by atoms with Crippen LogP contribution in [0.5, 0.6) is 0 Å². The van der Waals surface area contributed by atoms with Crippen molar-refractivity contribution in [3.8, 4) is 0 Å². The van der Waals surface area contributed by atoms with Crippen molar-refractivity contribution in [3.63, 3.8) is 0 Å². The Morgan fingerprint density at radius 1 is 1.24 bits per heavy atom. The molecule has 21 heavy (non-hydrogen) atoms. The third-order valence-corrected chi connectivity index (χ3v) is 5.28. The quantitative estimate of drug-likeness (QED) is 0.819. The molecule has 0 fully saturated rings. The molecule has 118 valence electrons. The van der Waals surface area contributed by atoms with Gasteiger partial charge in [-0.25, -0.2) is 17.5 Å². The summed E-state index contributed by atoms with van der Waals surface area (Å²) in [6, 6.07) is 3.64. The normalized spacial score (nSPS) is 12.1. The summed E-state index contributed by atoms with van der Waals surface area (Å²) in [5, 5.41) is 8.96. The van der Waals surface area contributed by atoms with Crippen LogP contribution in [0.3, 0.4) is 0 Å². The molecule has 1 rings (SSSR count). The van der Waals surface area contributed by atoms with Crippen LogP contribution in [0.15, 0.2) is 23.1 Å². The minimum absolute atomic E-state index is 0.0134. The van der Waals surface area contributed by atoms with Crippen molar-refractivity contribution in [2.75, 3.05) is 34.2 Å². The molecule has 0 heterocycles. The number of hydrogen-bond donors (Lipinski definition) is 1. The van der Waals surface area contributed by atoms with Crippen LogP contribution in [-0.4, -0.2) is 62.9 Å². The van der Waals surface area contributed by atoms with Gasteiger partial charge in [0.15, 0.2) is 0 Å². The van der Waals surface area contributed by atoms with Gasteiger partial charge >= 0.3 is 5.97 Å². The molecule has 8 heteroatoms. The first-order valence-electron chi connectivity index (χ1n) is 6.30. The molecular weight excluding hydrogens is 316 g/mol. The van der Waals surface area contributed by atoms with Crippen molar-refractivity contribution in [2.24, 2.45) is 0 Å². The second-order valence-electron chi connectivity index (χ2n) is 4.93. The zero-order valence-corrected chi connectivity index (χ0v) is 13.8. The van der Waals surface area contributed by atoms with E-state index in [1.807, 2.05) is 19.0 Å². The summed E-state index contributed by atoms with van der Waals surface area (Å²) in [6.07, 6.45) is 0.666. The lowest BCUT2D eigenvalue weighted by Crippen LogP contribution is -2.30. The van der Waals surface area contributed by atoms with E-state index in [9.17, 15) is 13.2 Å². The van der Waals surface area contributed by atoms with Gasteiger partial charge in [-0.2, -0.15) is 0 Å². The number of carboxylic acid groups (broad SMARTS) is 1. The summed E-state index contributed by atoms with van der Waals surface area (Å²) in [7, 11) is 1.46. The number of aromatic carboxylic acids is 1. The van der Waals surface area contributed by atoms with Crippen LogP contribution in [-0.2, 0) is 10.0 Å². The van der Waals surface area contributed by atoms with Gasteiger partial charge in [-0.15, -0.1) is 0 Å². The number of rotatable bonds is 7. The minimum atomic E-state index is -3.80. The van der Waals surface area contributed by atoms with Gasteiger partial charge < -0.3 is 10.0 Å². The average molecular weight is 335 g/mol. The van der Waals surface area contributed by atoms with E-state index in [4.69, 9.17) is 16.7 Å². The molecule has 1 aromatic carbocycles. The molecule has 0 bridgehead atoms. The first-order chi connectivity index (χ1) is 9.66. The van der Waals surface area contributed by atoms with Gasteiger partial charge in [-0.1, -0.05) is 11.6 Å². The molecule has 0 radical (unpaired) electrons. The highest BCUT2D eigenvalue weighted by Gasteiger charge is 2.24. The molecule has 0 saturated carbocycles. The lowest BCUT2D eigenvalue weighted by molar-refractivity contribution is 0.0696. The van der Waals surface area contributed by atoms with Crippen molar-refractivity contribution in [3.05, 3.63) is 28.8 Å². The molecule has 0 unspecified atom stereocenters. The van der Waals surface area contributed by atoms with E-state index in [0.29, 0.717) is 13.0 Å². The smallest absolute Gasteiger partial charge is 0.335 e. The van der Waals surface area contributed by atoms with E-state index in [0.717, 1.165) is 12.6 Å². The number of halogens is 1. The number of carbonyl (C=O) groups is 1. The Labute approximate surface area is 130 Å². The van der Waals surface area contributed by atoms with Crippen LogP contribution < -0.4 is 0 Å². The number of sulfonamides is 1. The maximum absolute atomic E-state index is 12.4. The highest BCUT2D eigenvalue weighted by Crippen LogP contribution is 2.25. The van der Waals surface area contributed by atoms with Crippen LogP contribution in [0.25, 0.3) is 0 Å². The van der Waals surface area contributed by atoms with Gasteiger partial charge in [0.2, 0.25) is 10.0 Å². The van der Waals surface area contributed by atoms with Crippen LogP contribution in [0, 0.1) is 0 Å². The Bertz CT molecular complexity index is 617. The van der Waals surface area contributed by atoms with Crippen molar-refractivity contribution >= 4 is 27.6 Å². The Balaban J connectivity index is 3.01. The Hall–Kier alpha value is -1.15. The number of carboxylic acids is 1. The summed E-state index contributed by atoms with van der Waals surface area (Å²) in [5.74, 6) is -1.20. The summed E-state index contributed by atoms with van der Waals surface area (Å²) in [6.45, 7) is 1.08. The fourth-order valence-electron chi connectivity index (χ4n) is 1.73. The largest absolute Gasteiger partial charge is 0.478 e. The third-order valence-electron chi connectivity index (χ3n) is 2.94. The van der Waals surface area contributed by atoms with Crippen LogP contribution in [0.2, 0.25) is 5.02 Å². The van der Waals surface area contributed by atoms with E-state index >= 15 is 0 Å². The van der Waals surface area contributed by atoms with Crippen LogP contribution >= 0.6 is 11.6 Å². The van der Waals surface area contributed by atoms with Gasteiger partial charge in [0.1, 0.15) is 4.90 Å². The first kappa shape index (κ1) is 17.9. The summed E-state index contributed by atoms with van der Waals surface area (Å²) in [4.78, 5) is 12.7. The molecular formula is C13H19ClN2O4S. The third kappa shape index (κ3) is 4.67. The Morgan fingerprint density at radius 3 is 2.38 bits per heavy atom. The van der Waals surface area contributed by atoms with E-state index in [1.165, 1.54) is 23.5 Å². The van der Waals surface area contributed by atoms with Crippen LogP contribution in [0.4, 0.5) is 0 Å². The Kier molecular flexibility index (Phi) is 6.15. The summed E-state index contributed by atoms with van der Waals surface area (Å²) < 4.78 is 26.1. The van der Waals surface area contributed by atoms with Gasteiger partial charge in [0.25, 0.3) is 0 Å². The first-order valence-corrected chi connectivity index (χ1v) is 8.12. The maximum atomic E-state index is 12.4. The number of hydrogen-bond acceptors (Lipinski definition) is 4. The molecule has 0 saturated heterocycles. The van der Waals surface area contributed by atoms with Crippen molar-refractivity contribution in [1.29, 1.82) is 0 Å². The standard InChI is InChI=1S/C13H19ClN2O4S/c1-15(2)7-4-8-16(3)21(19,20)12-9-10(13(17)18)5-6-11(12)14/h5-6,9H,4,7-8H2,1-3H3,(H,17,18). The second kappa shape index (κ2) is 7.22. The average Bonchev–Trinajstić information content (AvgIpc) is 2.37. The maximum Gasteiger partial charge on any atom is 0.335 e. The number of nitrogens with zero attached hydrogens (tertiary/aromatic N) is 2. The van der Waals surface area contributed by atoms with Crippen molar-refractivity contribution in [2.45, 2.75) is 11.3 Å². The molecule has 1 aromatic rings. The molecule has 0 atom stereocenters. The minimum Gasteiger partial charge on any atom is -0.478 e. The van der Waals surface area contributed by atoms with Gasteiger partial charge in [-0.05, 0) is 45.3 Å². The Morgan fingerprint density at radius 2 is 1.86 bits per heavy atom. The van der Waals surface area contributed by atoms with E-state index < -0.39 is 16.0 Å². The van der Waals surface area contributed by atoms with Gasteiger partial charge in [-0.3, -0.25) is 0 Å². The monoisotopic (exact) mass is 334 g/mol. The SMILES string of the molecule is CN(C)CCCN(C)S(=O)(=O)c1cc(C(=O)O)ccc1Cl. The molecule has 0 aliphatic heterocycles. The fourth-order valence-corrected chi connectivity index (χ4v) is 3.44. The lowest BCUT2D eigenvalue weighted by Gasteiger charge is -2.19.